The van der Waals surface area contributed by atoms with E-state index in [9.17, 15) is 9.65 Å². The first kappa shape index (κ1) is 28.4. The van der Waals surface area contributed by atoms with Crippen LogP contribution in [0.5, 0.6) is 0 Å². The Morgan fingerprint density at radius 3 is 2.67 bits per heavy atom. The lowest BCUT2D eigenvalue weighted by Gasteiger charge is -2.30. The average molecular weight is 622 g/mol. The molecule has 1 aliphatic rings. The summed E-state index contributed by atoms with van der Waals surface area (Å²) in [5, 5.41) is 30.9. The van der Waals surface area contributed by atoms with Crippen LogP contribution in [-0.4, -0.2) is 44.5 Å². The molecule has 1 unspecified atom stereocenters. The number of aromatic nitrogens is 4. The fraction of sp³-hybridized carbons (Fsp3) is 0.267. The minimum Gasteiger partial charge on any atom is -0.373 e. The van der Waals surface area contributed by atoms with Crippen LogP contribution in [0.15, 0.2) is 59.6 Å². The number of piperidine rings is 1. The highest BCUT2D eigenvalue weighted by Crippen LogP contribution is 2.37. The predicted molar refractivity (Wildman–Crippen MR) is 166 cm³/mol. The molecule has 1 aliphatic heterocycles. The number of nitrogens with one attached hydrogen (secondary N) is 2. The number of pyridine rings is 1. The van der Waals surface area contributed by atoms with E-state index < -0.39 is 5.82 Å². The highest BCUT2D eigenvalue weighted by atomic mass is 35.5. The Balaban J connectivity index is 1.36. The summed E-state index contributed by atoms with van der Waals surface area (Å²) in [4.78, 5) is 6.90. The third-order valence-corrected chi connectivity index (χ3v) is 8.90. The van der Waals surface area contributed by atoms with Gasteiger partial charge in [0.15, 0.2) is 0 Å². The summed E-state index contributed by atoms with van der Waals surface area (Å²) in [5.41, 5.74) is 4.41. The molecule has 3 aromatic heterocycles. The van der Waals surface area contributed by atoms with Crippen LogP contribution in [-0.2, 0) is 0 Å². The molecule has 42 heavy (non-hydrogen) atoms. The molecule has 0 aliphatic carbocycles. The molecule has 1 saturated heterocycles. The van der Waals surface area contributed by atoms with Gasteiger partial charge in [0.1, 0.15) is 17.6 Å². The number of likely N-dealkylation sites (tertiary alicyclic amines) is 1. The number of rotatable bonds is 8. The molecule has 2 aromatic carbocycles. The van der Waals surface area contributed by atoms with Crippen LogP contribution in [0.3, 0.4) is 0 Å². The molecule has 0 amide bonds. The van der Waals surface area contributed by atoms with Gasteiger partial charge in [-0.3, -0.25) is 4.98 Å². The van der Waals surface area contributed by atoms with Gasteiger partial charge < -0.3 is 15.5 Å². The highest BCUT2D eigenvalue weighted by Gasteiger charge is 2.24. The Kier molecular flexibility index (Phi) is 8.27. The minimum atomic E-state index is -0.528. The molecule has 5 aromatic rings. The first-order chi connectivity index (χ1) is 20.4. The van der Waals surface area contributed by atoms with Gasteiger partial charge in [0.2, 0.25) is 0 Å². The van der Waals surface area contributed by atoms with E-state index in [1.807, 2.05) is 28.4 Å². The maximum atomic E-state index is 13.8. The minimum absolute atomic E-state index is 0.0279. The van der Waals surface area contributed by atoms with Gasteiger partial charge in [-0.25, -0.2) is 9.07 Å². The fourth-order valence-electron chi connectivity index (χ4n) is 5.32. The Bertz CT molecular complexity index is 1760. The van der Waals surface area contributed by atoms with Crippen molar-refractivity contribution in [2.75, 3.05) is 30.3 Å². The van der Waals surface area contributed by atoms with Crippen molar-refractivity contribution in [1.82, 2.24) is 24.9 Å². The second-order valence-electron chi connectivity index (χ2n) is 10.2. The van der Waals surface area contributed by atoms with Crippen LogP contribution >= 0.6 is 34.5 Å². The van der Waals surface area contributed by atoms with E-state index in [0.29, 0.717) is 44.6 Å². The number of hydrogen-bond donors (Lipinski definition) is 2. The van der Waals surface area contributed by atoms with Crippen molar-refractivity contribution in [2.24, 2.45) is 0 Å². The molecule has 8 nitrogen and oxygen atoms in total. The fourth-order valence-corrected chi connectivity index (χ4v) is 6.45. The lowest BCUT2D eigenvalue weighted by molar-refractivity contribution is 0.186. The monoisotopic (exact) mass is 620 g/mol. The number of thiophene rings is 1. The molecule has 1 fully saturated rings. The molecule has 2 N–H and O–H groups in total. The van der Waals surface area contributed by atoms with Crippen molar-refractivity contribution in [3.05, 3.63) is 92.2 Å². The summed E-state index contributed by atoms with van der Waals surface area (Å²) in [6.07, 6.45) is 5.57. The summed E-state index contributed by atoms with van der Waals surface area (Å²) in [6, 6.07) is 12.3. The maximum Gasteiger partial charge on any atom is 0.141 e. The largest absolute Gasteiger partial charge is 0.373 e. The van der Waals surface area contributed by atoms with E-state index in [1.165, 1.54) is 18.3 Å². The Hall–Kier alpha value is -3.75. The van der Waals surface area contributed by atoms with Gasteiger partial charge in [-0.1, -0.05) is 35.3 Å². The third kappa shape index (κ3) is 5.78. The standard InChI is InChI=1S/C30H27Cl2FN8S/c1-2-40-8-5-22(6-9-40)41-16-27(38-39-41)29(18-7-10-42-17-18)37-21-11-23-28(36-20-3-4-26(33)24(31)12-20)19(14-34)15-35-30(23)25(32)13-21/h3-4,7,10-13,15-17,22,29,37H,2,5-6,8-9H2,1H3,(H,35,36). The SMILES string of the molecule is CCN1CCC(n2cc(C(Nc3cc(Cl)c4ncc(C#N)c(Nc5ccc(F)c(Cl)c5)c4c3)c3ccsc3)nn2)CC1. The van der Waals surface area contributed by atoms with Crippen molar-refractivity contribution in [3.63, 3.8) is 0 Å². The second-order valence-corrected chi connectivity index (χ2v) is 11.8. The molecular weight excluding hydrogens is 594 g/mol. The van der Waals surface area contributed by atoms with Crippen LogP contribution < -0.4 is 10.6 Å². The molecule has 0 radical (unpaired) electrons. The Morgan fingerprint density at radius 2 is 1.95 bits per heavy atom. The van der Waals surface area contributed by atoms with Crippen molar-refractivity contribution < 1.29 is 4.39 Å². The van der Waals surface area contributed by atoms with Crippen LogP contribution in [0.4, 0.5) is 21.5 Å². The zero-order valence-electron chi connectivity index (χ0n) is 22.7. The van der Waals surface area contributed by atoms with E-state index in [1.54, 1.807) is 17.4 Å². The van der Waals surface area contributed by atoms with Crippen molar-refractivity contribution in [2.45, 2.75) is 31.8 Å². The summed E-state index contributed by atoms with van der Waals surface area (Å²) in [6.45, 7) is 5.36. The van der Waals surface area contributed by atoms with Gasteiger partial charge in [-0.2, -0.15) is 16.6 Å². The average Bonchev–Trinajstić information content (AvgIpc) is 3.72. The molecule has 0 saturated carbocycles. The lowest BCUT2D eigenvalue weighted by atomic mass is 10.0. The topological polar surface area (TPSA) is 94.7 Å². The van der Waals surface area contributed by atoms with Gasteiger partial charge in [-0.15, -0.1) is 5.10 Å². The molecule has 4 heterocycles. The normalized spacial score (nSPS) is 15.0. The lowest BCUT2D eigenvalue weighted by Crippen LogP contribution is -2.34. The zero-order valence-corrected chi connectivity index (χ0v) is 25.0. The maximum absolute atomic E-state index is 13.8. The first-order valence-corrected chi connectivity index (χ1v) is 15.3. The predicted octanol–water partition coefficient (Wildman–Crippen LogP) is 7.81. The molecule has 0 bridgehead atoms. The number of halogens is 3. The van der Waals surface area contributed by atoms with Gasteiger partial charge in [0, 0.05) is 36.0 Å². The molecule has 6 rings (SSSR count). The first-order valence-electron chi connectivity index (χ1n) is 13.6. The van der Waals surface area contributed by atoms with Gasteiger partial charge >= 0.3 is 0 Å². The third-order valence-electron chi connectivity index (χ3n) is 7.62. The van der Waals surface area contributed by atoms with E-state index in [2.05, 4.69) is 55.3 Å². The number of fused-ring (bicyclic) bond motifs is 1. The number of benzene rings is 2. The summed E-state index contributed by atoms with van der Waals surface area (Å²) in [5.74, 6) is -0.528. The molecule has 214 valence electrons. The van der Waals surface area contributed by atoms with E-state index in [-0.39, 0.29) is 11.1 Å². The molecule has 1 atom stereocenters. The Labute approximate surface area is 256 Å². The molecular formula is C30H27Cl2FN8S. The van der Waals surface area contributed by atoms with Gasteiger partial charge in [0.05, 0.1) is 45.1 Å². The highest BCUT2D eigenvalue weighted by molar-refractivity contribution is 7.08. The van der Waals surface area contributed by atoms with Gasteiger partial charge in [0.25, 0.3) is 0 Å². The van der Waals surface area contributed by atoms with Crippen LogP contribution in [0, 0.1) is 17.1 Å². The van der Waals surface area contributed by atoms with Crippen molar-refractivity contribution in [1.29, 1.82) is 5.26 Å². The number of nitriles is 1. The summed E-state index contributed by atoms with van der Waals surface area (Å²) >= 11 is 14.4. The van der Waals surface area contributed by atoms with Crippen LogP contribution in [0.1, 0.15) is 48.7 Å². The number of anilines is 3. The Morgan fingerprint density at radius 1 is 1.14 bits per heavy atom. The van der Waals surface area contributed by atoms with Crippen molar-refractivity contribution in [3.8, 4) is 6.07 Å². The van der Waals surface area contributed by atoms with Crippen LogP contribution in [0.25, 0.3) is 10.9 Å². The summed E-state index contributed by atoms with van der Waals surface area (Å²) < 4.78 is 15.8. The zero-order chi connectivity index (χ0) is 29.2. The smallest absolute Gasteiger partial charge is 0.141 e. The number of hydrogen-bond acceptors (Lipinski definition) is 8. The van der Waals surface area contributed by atoms with Crippen LogP contribution in [0.2, 0.25) is 10.0 Å². The van der Waals surface area contributed by atoms with Crippen molar-refractivity contribution >= 4 is 62.5 Å². The molecule has 0 spiro atoms. The van der Waals surface area contributed by atoms with E-state index >= 15 is 0 Å². The van der Waals surface area contributed by atoms with E-state index in [4.69, 9.17) is 23.2 Å². The molecule has 12 heteroatoms. The van der Waals surface area contributed by atoms with E-state index in [0.717, 1.165) is 43.7 Å². The van der Waals surface area contributed by atoms with Gasteiger partial charge in [-0.05, 0) is 72.1 Å². The summed E-state index contributed by atoms with van der Waals surface area (Å²) in [7, 11) is 0. The number of nitrogens with zero attached hydrogens (tertiary/aromatic N) is 6. The second kappa shape index (κ2) is 12.2. The quantitative estimate of drug-likeness (QED) is 0.183.